The van der Waals surface area contributed by atoms with Gasteiger partial charge in [-0.1, -0.05) is 0 Å². The van der Waals surface area contributed by atoms with Crippen molar-refractivity contribution in [2.45, 2.75) is 13.0 Å². The van der Waals surface area contributed by atoms with Gasteiger partial charge in [0.15, 0.2) is 5.69 Å². The van der Waals surface area contributed by atoms with Crippen molar-refractivity contribution in [2.75, 3.05) is 13.6 Å². The third-order valence-corrected chi connectivity index (χ3v) is 3.87. The number of nitrogens with two attached hydrogens (primary N) is 1. The van der Waals surface area contributed by atoms with Crippen LogP contribution >= 0.6 is 15.9 Å². The van der Waals surface area contributed by atoms with Crippen LogP contribution < -0.4 is 5.73 Å². The molecule has 7 heteroatoms. The average molecular weight is 355 g/mol. The molecule has 0 fully saturated rings. The molecule has 0 spiro atoms. The Kier molecular flexibility index (Phi) is 4.74. The summed E-state index contributed by atoms with van der Waals surface area (Å²) in [5.41, 5.74) is 6.54. The molecule has 1 atom stereocenters. The minimum Gasteiger partial charge on any atom is -0.336 e. The Morgan fingerprint density at radius 1 is 1.48 bits per heavy atom. The normalized spacial score (nSPS) is 12.2. The first-order valence-electron chi connectivity index (χ1n) is 6.42. The fourth-order valence-corrected chi connectivity index (χ4v) is 2.19. The minimum absolute atomic E-state index is 0.0830. The summed E-state index contributed by atoms with van der Waals surface area (Å²) < 4.78 is 15.0. The van der Waals surface area contributed by atoms with Gasteiger partial charge >= 0.3 is 0 Å². The van der Waals surface area contributed by atoms with Crippen molar-refractivity contribution in [3.8, 4) is 5.69 Å². The molecule has 1 aromatic heterocycles. The first-order chi connectivity index (χ1) is 9.93. The quantitative estimate of drug-likeness (QED) is 0.915. The Hall–Kier alpha value is -1.73. The molecule has 0 aliphatic rings. The maximum atomic E-state index is 12.9. The lowest BCUT2D eigenvalue weighted by molar-refractivity contribution is 0.0741. The number of amides is 1. The molecular formula is C14H16BrFN4O. The van der Waals surface area contributed by atoms with Gasteiger partial charge in [-0.15, -0.1) is 0 Å². The van der Waals surface area contributed by atoms with E-state index in [9.17, 15) is 9.18 Å². The van der Waals surface area contributed by atoms with E-state index in [1.165, 1.54) is 16.8 Å². The lowest BCUT2D eigenvalue weighted by Gasteiger charge is -2.22. The molecule has 21 heavy (non-hydrogen) atoms. The molecular weight excluding hydrogens is 339 g/mol. The number of halogens is 2. The summed E-state index contributed by atoms with van der Waals surface area (Å²) in [4.78, 5) is 13.9. The van der Waals surface area contributed by atoms with Gasteiger partial charge in [0.2, 0.25) is 0 Å². The number of hydrogen-bond acceptors (Lipinski definition) is 3. The van der Waals surface area contributed by atoms with Gasteiger partial charge in [0.1, 0.15) is 5.82 Å². The second-order valence-corrected chi connectivity index (χ2v) is 5.60. The van der Waals surface area contributed by atoms with Gasteiger partial charge in [0.05, 0.1) is 10.2 Å². The SMILES string of the molecule is CC(CN)N(C)C(=O)c1nn(-c2ccc(F)cc2)cc1Br. The Morgan fingerprint density at radius 2 is 2.10 bits per heavy atom. The van der Waals surface area contributed by atoms with Crippen LogP contribution in [0.1, 0.15) is 17.4 Å². The Morgan fingerprint density at radius 3 is 2.67 bits per heavy atom. The molecule has 2 rings (SSSR count). The summed E-state index contributed by atoms with van der Waals surface area (Å²) in [5, 5.41) is 4.26. The van der Waals surface area contributed by atoms with Crippen molar-refractivity contribution >= 4 is 21.8 Å². The number of hydrogen-bond donors (Lipinski definition) is 1. The monoisotopic (exact) mass is 354 g/mol. The molecule has 1 unspecified atom stereocenters. The van der Waals surface area contributed by atoms with Gasteiger partial charge in [0.25, 0.3) is 5.91 Å². The number of rotatable bonds is 4. The molecule has 0 aliphatic carbocycles. The lowest BCUT2D eigenvalue weighted by atomic mass is 10.2. The highest BCUT2D eigenvalue weighted by atomic mass is 79.9. The van der Waals surface area contributed by atoms with Crippen LogP contribution in [0.4, 0.5) is 4.39 Å². The lowest BCUT2D eigenvalue weighted by Crippen LogP contribution is -2.40. The van der Waals surface area contributed by atoms with Crippen LogP contribution in [0.2, 0.25) is 0 Å². The summed E-state index contributed by atoms with van der Waals surface area (Å²) in [6, 6.07) is 5.79. The highest BCUT2D eigenvalue weighted by Crippen LogP contribution is 2.20. The van der Waals surface area contributed by atoms with Crippen LogP contribution in [0.25, 0.3) is 5.69 Å². The molecule has 1 amide bonds. The number of nitrogens with zero attached hydrogens (tertiary/aromatic N) is 3. The topological polar surface area (TPSA) is 64.2 Å². The van der Waals surface area contributed by atoms with Gasteiger partial charge in [-0.2, -0.15) is 5.10 Å². The van der Waals surface area contributed by atoms with E-state index in [1.807, 2.05) is 6.92 Å². The van der Waals surface area contributed by atoms with Gasteiger partial charge in [0, 0.05) is 25.8 Å². The molecule has 0 saturated heterocycles. The zero-order valence-electron chi connectivity index (χ0n) is 11.8. The van der Waals surface area contributed by atoms with E-state index in [0.717, 1.165) is 0 Å². The molecule has 0 aliphatic heterocycles. The van der Waals surface area contributed by atoms with Crippen LogP contribution in [-0.4, -0.2) is 40.2 Å². The number of aromatic nitrogens is 2. The van der Waals surface area contributed by atoms with E-state index in [-0.39, 0.29) is 17.8 Å². The van der Waals surface area contributed by atoms with Crippen LogP contribution in [0.15, 0.2) is 34.9 Å². The number of carbonyl (C=O) groups excluding carboxylic acids is 1. The molecule has 1 heterocycles. The van der Waals surface area contributed by atoms with E-state index < -0.39 is 0 Å². The van der Waals surface area contributed by atoms with Gasteiger partial charge in [-0.3, -0.25) is 4.79 Å². The first kappa shape index (κ1) is 15.7. The maximum absolute atomic E-state index is 12.9. The van der Waals surface area contributed by atoms with E-state index >= 15 is 0 Å². The third-order valence-electron chi connectivity index (χ3n) is 3.29. The summed E-state index contributed by atoms with van der Waals surface area (Å²) in [7, 11) is 1.68. The molecule has 0 bridgehead atoms. The molecule has 0 saturated carbocycles. The van der Waals surface area contributed by atoms with Crippen molar-refractivity contribution in [1.82, 2.24) is 14.7 Å². The molecule has 2 aromatic rings. The van der Waals surface area contributed by atoms with E-state index in [4.69, 9.17) is 5.73 Å². The largest absolute Gasteiger partial charge is 0.336 e. The molecule has 0 radical (unpaired) electrons. The van der Waals surface area contributed by atoms with Crippen molar-refractivity contribution in [2.24, 2.45) is 5.73 Å². The smallest absolute Gasteiger partial charge is 0.275 e. The van der Waals surface area contributed by atoms with Crippen molar-refractivity contribution in [3.05, 3.63) is 46.4 Å². The zero-order chi connectivity index (χ0) is 15.6. The Bertz CT molecular complexity index is 641. The number of carbonyl (C=O) groups is 1. The minimum atomic E-state index is -0.322. The predicted molar refractivity (Wildman–Crippen MR) is 81.8 cm³/mol. The molecule has 2 N–H and O–H groups in total. The maximum Gasteiger partial charge on any atom is 0.275 e. The number of likely N-dealkylation sites (N-methyl/N-ethyl adjacent to an activating group) is 1. The van der Waals surface area contributed by atoms with Crippen molar-refractivity contribution in [3.63, 3.8) is 0 Å². The second-order valence-electron chi connectivity index (χ2n) is 4.75. The van der Waals surface area contributed by atoms with Gasteiger partial charge in [-0.05, 0) is 47.1 Å². The van der Waals surface area contributed by atoms with Crippen LogP contribution in [0.3, 0.4) is 0 Å². The van der Waals surface area contributed by atoms with E-state index in [2.05, 4.69) is 21.0 Å². The van der Waals surface area contributed by atoms with Gasteiger partial charge in [-0.25, -0.2) is 9.07 Å². The van der Waals surface area contributed by atoms with Crippen molar-refractivity contribution < 1.29 is 9.18 Å². The van der Waals surface area contributed by atoms with Crippen molar-refractivity contribution in [1.29, 1.82) is 0 Å². The zero-order valence-corrected chi connectivity index (χ0v) is 13.3. The van der Waals surface area contributed by atoms with Crippen LogP contribution in [0.5, 0.6) is 0 Å². The second kappa shape index (κ2) is 6.36. The predicted octanol–water partition coefficient (Wildman–Crippen LogP) is 2.19. The fraction of sp³-hybridized carbons (Fsp3) is 0.286. The molecule has 1 aromatic carbocycles. The van der Waals surface area contributed by atoms with Gasteiger partial charge < -0.3 is 10.6 Å². The van der Waals surface area contributed by atoms with Crippen LogP contribution in [-0.2, 0) is 0 Å². The third kappa shape index (κ3) is 3.30. The summed E-state index contributed by atoms with van der Waals surface area (Å²) in [6.45, 7) is 2.24. The highest BCUT2D eigenvalue weighted by Gasteiger charge is 2.22. The summed E-state index contributed by atoms with van der Waals surface area (Å²) in [5.74, 6) is -0.543. The summed E-state index contributed by atoms with van der Waals surface area (Å²) >= 11 is 3.33. The summed E-state index contributed by atoms with van der Waals surface area (Å²) in [6.07, 6.45) is 1.67. The molecule has 5 nitrogen and oxygen atoms in total. The standard InChI is InChI=1S/C14H16BrFN4O/c1-9(7-17)19(2)14(21)13-12(15)8-20(18-13)11-5-3-10(16)4-6-11/h3-6,8-9H,7,17H2,1-2H3. The van der Waals surface area contributed by atoms with E-state index in [1.54, 1.807) is 30.3 Å². The Balaban J connectivity index is 2.31. The highest BCUT2D eigenvalue weighted by molar-refractivity contribution is 9.10. The number of benzene rings is 1. The van der Waals surface area contributed by atoms with E-state index in [0.29, 0.717) is 22.4 Å². The first-order valence-corrected chi connectivity index (χ1v) is 7.21. The average Bonchev–Trinajstić information content (AvgIpc) is 2.87. The molecule has 112 valence electrons. The van der Waals surface area contributed by atoms with Crippen LogP contribution in [0, 0.1) is 5.82 Å². The Labute approximate surface area is 130 Å². The fourth-order valence-electron chi connectivity index (χ4n) is 1.75.